The summed E-state index contributed by atoms with van der Waals surface area (Å²) in [7, 11) is -3.42. The SMILES string of the molecule is Cc1cc(S(=O)(=O)N2CCN(CCCC#N)CC2)ccc1Br. The second kappa shape index (κ2) is 7.55. The van der Waals surface area contributed by atoms with Crippen molar-refractivity contribution in [2.24, 2.45) is 0 Å². The molecule has 7 heteroatoms. The zero-order valence-corrected chi connectivity index (χ0v) is 15.0. The number of hydrogen-bond acceptors (Lipinski definition) is 4. The van der Waals surface area contributed by atoms with Crippen molar-refractivity contribution < 1.29 is 8.42 Å². The lowest BCUT2D eigenvalue weighted by atomic mass is 10.2. The van der Waals surface area contributed by atoms with E-state index in [-0.39, 0.29) is 0 Å². The van der Waals surface area contributed by atoms with Crippen molar-refractivity contribution in [3.63, 3.8) is 0 Å². The van der Waals surface area contributed by atoms with E-state index in [0.29, 0.717) is 24.4 Å². The second-order valence-electron chi connectivity index (χ2n) is 5.42. The highest BCUT2D eigenvalue weighted by atomic mass is 79.9. The van der Waals surface area contributed by atoms with Gasteiger partial charge in [0.2, 0.25) is 10.0 Å². The van der Waals surface area contributed by atoms with Crippen LogP contribution in [0.1, 0.15) is 18.4 Å². The average Bonchev–Trinajstić information content (AvgIpc) is 2.51. The first-order chi connectivity index (χ1) is 10.4. The van der Waals surface area contributed by atoms with Crippen molar-refractivity contribution in [1.29, 1.82) is 5.26 Å². The fourth-order valence-corrected chi connectivity index (χ4v) is 4.26. The van der Waals surface area contributed by atoms with Gasteiger partial charge in [0.05, 0.1) is 11.0 Å². The van der Waals surface area contributed by atoms with Crippen molar-refractivity contribution in [3.8, 4) is 6.07 Å². The second-order valence-corrected chi connectivity index (χ2v) is 8.21. The van der Waals surface area contributed by atoms with Crippen LogP contribution in [0.3, 0.4) is 0 Å². The minimum atomic E-state index is -3.42. The Morgan fingerprint density at radius 2 is 1.95 bits per heavy atom. The molecule has 1 aliphatic rings. The quantitative estimate of drug-likeness (QED) is 0.729. The van der Waals surface area contributed by atoms with Gasteiger partial charge in [-0.3, -0.25) is 0 Å². The Morgan fingerprint density at radius 3 is 2.55 bits per heavy atom. The zero-order chi connectivity index (χ0) is 16.2. The normalized spacial score (nSPS) is 17.3. The third-order valence-electron chi connectivity index (χ3n) is 3.86. The summed E-state index contributed by atoms with van der Waals surface area (Å²) in [4.78, 5) is 2.57. The van der Waals surface area contributed by atoms with Gasteiger partial charge < -0.3 is 4.90 Å². The summed E-state index contributed by atoms with van der Waals surface area (Å²) in [6.07, 6.45) is 1.39. The molecule has 0 radical (unpaired) electrons. The summed E-state index contributed by atoms with van der Waals surface area (Å²) in [6.45, 7) is 5.20. The molecule has 22 heavy (non-hydrogen) atoms. The van der Waals surface area contributed by atoms with Crippen LogP contribution in [0, 0.1) is 18.3 Å². The predicted octanol–water partition coefficient (Wildman–Crippen LogP) is 2.37. The number of nitriles is 1. The van der Waals surface area contributed by atoms with Gasteiger partial charge in [0.1, 0.15) is 0 Å². The number of nitrogens with zero attached hydrogens (tertiary/aromatic N) is 3. The van der Waals surface area contributed by atoms with E-state index in [2.05, 4.69) is 26.9 Å². The Labute approximate surface area is 140 Å². The van der Waals surface area contributed by atoms with Crippen molar-refractivity contribution in [1.82, 2.24) is 9.21 Å². The summed E-state index contributed by atoms with van der Waals surface area (Å²) >= 11 is 3.39. The Hall–Kier alpha value is -0.940. The molecule has 1 aromatic rings. The molecule has 5 nitrogen and oxygen atoms in total. The maximum atomic E-state index is 12.7. The molecule has 0 aliphatic carbocycles. The summed E-state index contributed by atoms with van der Waals surface area (Å²) in [5.74, 6) is 0. The Morgan fingerprint density at radius 1 is 1.27 bits per heavy atom. The molecule has 0 spiro atoms. The highest BCUT2D eigenvalue weighted by Crippen LogP contribution is 2.23. The van der Waals surface area contributed by atoms with Crippen LogP contribution in [0.2, 0.25) is 0 Å². The van der Waals surface area contributed by atoms with Gasteiger partial charge in [-0.15, -0.1) is 0 Å². The summed E-state index contributed by atoms with van der Waals surface area (Å²) in [5.41, 5.74) is 0.913. The first kappa shape index (κ1) is 17.4. The number of benzene rings is 1. The molecule has 1 heterocycles. The van der Waals surface area contributed by atoms with E-state index >= 15 is 0 Å². The third kappa shape index (κ3) is 4.07. The Bertz CT molecular complexity index is 662. The van der Waals surface area contributed by atoms with E-state index in [9.17, 15) is 8.42 Å². The van der Waals surface area contributed by atoms with E-state index in [1.807, 2.05) is 6.92 Å². The van der Waals surface area contributed by atoms with Gasteiger partial charge in [-0.1, -0.05) is 15.9 Å². The van der Waals surface area contributed by atoms with Crippen LogP contribution in [0.15, 0.2) is 27.6 Å². The molecule has 120 valence electrons. The molecule has 0 amide bonds. The maximum absolute atomic E-state index is 12.7. The lowest BCUT2D eigenvalue weighted by molar-refractivity contribution is 0.187. The fourth-order valence-electron chi connectivity index (χ4n) is 2.50. The number of hydrogen-bond donors (Lipinski definition) is 0. The number of rotatable bonds is 5. The van der Waals surface area contributed by atoms with Crippen molar-refractivity contribution >= 4 is 26.0 Å². The third-order valence-corrected chi connectivity index (χ3v) is 6.65. The molecule has 0 atom stereocenters. The molecule has 0 unspecified atom stereocenters. The van der Waals surface area contributed by atoms with E-state index in [1.165, 1.54) is 0 Å². The first-order valence-corrected chi connectivity index (χ1v) is 9.54. The molecule has 0 bridgehead atoms. The molecule has 0 saturated carbocycles. The molecule has 1 aromatic carbocycles. The molecular formula is C15H20BrN3O2S. The largest absolute Gasteiger partial charge is 0.301 e. The van der Waals surface area contributed by atoms with Gasteiger partial charge >= 0.3 is 0 Å². The predicted molar refractivity (Wildman–Crippen MR) is 88.9 cm³/mol. The van der Waals surface area contributed by atoms with Crippen LogP contribution in [0.25, 0.3) is 0 Å². The van der Waals surface area contributed by atoms with Gasteiger partial charge in [0.15, 0.2) is 0 Å². The van der Waals surface area contributed by atoms with E-state index in [4.69, 9.17) is 5.26 Å². The van der Waals surface area contributed by atoms with Crippen molar-refractivity contribution in [3.05, 3.63) is 28.2 Å². The van der Waals surface area contributed by atoms with Gasteiger partial charge in [0.25, 0.3) is 0 Å². The van der Waals surface area contributed by atoms with Crippen LogP contribution < -0.4 is 0 Å². The van der Waals surface area contributed by atoms with E-state index in [1.54, 1.807) is 22.5 Å². The highest BCUT2D eigenvalue weighted by Gasteiger charge is 2.28. The number of aryl methyl sites for hydroxylation is 1. The average molecular weight is 386 g/mol. The lowest BCUT2D eigenvalue weighted by Gasteiger charge is -2.33. The Balaban J connectivity index is 2.00. The standard InChI is InChI=1S/C15H20BrN3O2S/c1-13-12-14(4-5-15(13)16)22(20,21)19-10-8-18(9-11-19)7-3-2-6-17/h4-5,12H,2-3,7-11H2,1H3. The van der Waals surface area contributed by atoms with Crippen LogP contribution in [-0.4, -0.2) is 50.3 Å². The van der Waals surface area contributed by atoms with Gasteiger partial charge in [-0.05, 0) is 43.7 Å². The molecule has 2 rings (SSSR count). The number of piperazine rings is 1. The maximum Gasteiger partial charge on any atom is 0.243 e. The van der Waals surface area contributed by atoms with Crippen molar-refractivity contribution in [2.75, 3.05) is 32.7 Å². The van der Waals surface area contributed by atoms with Crippen LogP contribution >= 0.6 is 15.9 Å². The highest BCUT2D eigenvalue weighted by molar-refractivity contribution is 9.10. The zero-order valence-electron chi connectivity index (χ0n) is 12.6. The summed E-state index contributed by atoms with van der Waals surface area (Å²) in [5, 5.41) is 8.55. The monoisotopic (exact) mass is 385 g/mol. The minimum Gasteiger partial charge on any atom is -0.301 e. The fraction of sp³-hybridized carbons (Fsp3) is 0.533. The van der Waals surface area contributed by atoms with Gasteiger partial charge in [-0.25, -0.2) is 8.42 Å². The van der Waals surface area contributed by atoms with Crippen molar-refractivity contribution in [2.45, 2.75) is 24.7 Å². The number of unbranched alkanes of at least 4 members (excludes halogenated alkanes) is 1. The molecule has 0 N–H and O–H groups in total. The Kier molecular flexibility index (Phi) is 5.98. The smallest absolute Gasteiger partial charge is 0.243 e. The van der Waals surface area contributed by atoms with Crippen LogP contribution in [0.5, 0.6) is 0 Å². The van der Waals surface area contributed by atoms with Gasteiger partial charge in [-0.2, -0.15) is 9.57 Å². The van der Waals surface area contributed by atoms with E-state index in [0.717, 1.165) is 36.1 Å². The summed E-state index contributed by atoms with van der Waals surface area (Å²) in [6, 6.07) is 7.26. The number of halogens is 1. The van der Waals surface area contributed by atoms with Gasteiger partial charge in [0, 0.05) is 37.1 Å². The molecule has 1 fully saturated rings. The minimum absolute atomic E-state index is 0.353. The molecule has 0 aromatic heterocycles. The summed E-state index contributed by atoms with van der Waals surface area (Å²) < 4.78 is 27.8. The molecule has 1 saturated heterocycles. The van der Waals surface area contributed by atoms with E-state index < -0.39 is 10.0 Å². The molecule has 1 aliphatic heterocycles. The van der Waals surface area contributed by atoms with Crippen LogP contribution in [-0.2, 0) is 10.0 Å². The number of sulfonamides is 1. The topological polar surface area (TPSA) is 64.4 Å². The lowest BCUT2D eigenvalue weighted by Crippen LogP contribution is -2.48. The first-order valence-electron chi connectivity index (χ1n) is 7.31. The van der Waals surface area contributed by atoms with Crippen LogP contribution in [0.4, 0.5) is 0 Å². The molecular weight excluding hydrogens is 366 g/mol.